The van der Waals surface area contributed by atoms with Gasteiger partial charge in [0.2, 0.25) is 5.88 Å². The van der Waals surface area contributed by atoms with E-state index in [1.54, 1.807) is 7.11 Å². The van der Waals surface area contributed by atoms with Crippen molar-refractivity contribution >= 4 is 0 Å². The van der Waals surface area contributed by atoms with Gasteiger partial charge in [0.1, 0.15) is 0 Å². The lowest BCUT2D eigenvalue weighted by Gasteiger charge is -2.31. The Morgan fingerprint density at radius 1 is 1.30 bits per heavy atom. The monoisotopic (exact) mass is 276 g/mol. The first-order valence-corrected chi connectivity index (χ1v) is 7.96. The second-order valence-corrected chi connectivity index (χ2v) is 5.85. The minimum absolute atomic E-state index is 0.508. The van der Waals surface area contributed by atoms with Gasteiger partial charge < -0.3 is 9.64 Å². The average Bonchev–Trinajstić information content (AvgIpc) is 2.53. The number of hydrogen-bond acceptors (Lipinski definition) is 3. The zero-order chi connectivity index (χ0) is 14.5. The maximum absolute atomic E-state index is 5.52. The van der Waals surface area contributed by atoms with Crippen molar-refractivity contribution in [2.45, 2.75) is 51.9 Å². The highest BCUT2D eigenvalue weighted by atomic mass is 16.5. The van der Waals surface area contributed by atoms with Gasteiger partial charge in [-0.1, -0.05) is 26.8 Å². The van der Waals surface area contributed by atoms with Crippen molar-refractivity contribution in [1.82, 2.24) is 9.88 Å². The molecule has 3 nitrogen and oxygen atoms in total. The van der Waals surface area contributed by atoms with E-state index in [9.17, 15) is 0 Å². The van der Waals surface area contributed by atoms with E-state index in [0.29, 0.717) is 11.8 Å². The molecule has 1 aromatic rings. The summed E-state index contributed by atoms with van der Waals surface area (Å²) in [5.41, 5.74) is 2.45. The minimum atomic E-state index is 0.508. The lowest BCUT2D eigenvalue weighted by Crippen LogP contribution is -2.32. The van der Waals surface area contributed by atoms with Crippen molar-refractivity contribution in [3.05, 3.63) is 23.4 Å². The number of rotatable bonds is 5. The van der Waals surface area contributed by atoms with Gasteiger partial charge >= 0.3 is 0 Å². The molecule has 1 aliphatic heterocycles. The van der Waals surface area contributed by atoms with E-state index in [1.165, 1.54) is 37.2 Å². The van der Waals surface area contributed by atoms with E-state index in [1.807, 2.05) is 0 Å². The van der Waals surface area contributed by atoms with Gasteiger partial charge in [-0.2, -0.15) is 0 Å². The fourth-order valence-electron chi connectivity index (χ4n) is 3.00. The zero-order valence-electron chi connectivity index (χ0n) is 13.4. The van der Waals surface area contributed by atoms with Gasteiger partial charge in [-0.15, -0.1) is 0 Å². The summed E-state index contributed by atoms with van der Waals surface area (Å²) < 4.78 is 5.52. The smallest absolute Gasteiger partial charge is 0.216 e. The number of ether oxygens (including phenoxy) is 1. The van der Waals surface area contributed by atoms with Crippen molar-refractivity contribution < 1.29 is 4.74 Å². The van der Waals surface area contributed by atoms with E-state index >= 15 is 0 Å². The van der Waals surface area contributed by atoms with Gasteiger partial charge in [0.15, 0.2) is 0 Å². The molecule has 0 saturated carbocycles. The predicted molar refractivity (Wildman–Crippen MR) is 83.6 cm³/mol. The van der Waals surface area contributed by atoms with E-state index in [2.05, 4.69) is 37.8 Å². The number of aromatic nitrogens is 1. The summed E-state index contributed by atoms with van der Waals surface area (Å²) in [6.45, 7) is 10.2. The number of methoxy groups -OCH3 is 1. The summed E-state index contributed by atoms with van der Waals surface area (Å²) in [4.78, 5) is 7.31. The molecule has 112 valence electrons. The lowest BCUT2D eigenvalue weighted by molar-refractivity contribution is 0.220. The summed E-state index contributed by atoms with van der Waals surface area (Å²) in [6.07, 6.45) is 3.55. The molecule has 0 radical (unpaired) electrons. The van der Waals surface area contributed by atoms with Crippen LogP contribution in [0.15, 0.2) is 12.1 Å². The Morgan fingerprint density at radius 2 is 2.00 bits per heavy atom. The van der Waals surface area contributed by atoms with E-state index in [-0.39, 0.29) is 0 Å². The topological polar surface area (TPSA) is 25.4 Å². The van der Waals surface area contributed by atoms with E-state index < -0.39 is 0 Å². The van der Waals surface area contributed by atoms with Crippen molar-refractivity contribution in [3.63, 3.8) is 0 Å². The summed E-state index contributed by atoms with van der Waals surface area (Å²) in [5, 5.41) is 0. The molecule has 2 heterocycles. The molecule has 1 aromatic heterocycles. The number of hydrogen-bond donors (Lipinski definition) is 0. The molecule has 1 fully saturated rings. The highest BCUT2D eigenvalue weighted by Gasteiger charge is 2.22. The SMILES string of the molecule is CCC(C)c1ccc(C2CCN(CC)CC2)nc1OC. The normalized spacial score (nSPS) is 19.0. The van der Waals surface area contributed by atoms with Crippen LogP contribution in [0, 0.1) is 0 Å². The van der Waals surface area contributed by atoms with Crippen LogP contribution < -0.4 is 4.74 Å². The zero-order valence-corrected chi connectivity index (χ0v) is 13.4. The Kier molecular flexibility index (Phi) is 5.41. The molecular formula is C17H28N2O. The second-order valence-electron chi connectivity index (χ2n) is 5.85. The molecule has 0 bridgehead atoms. The third kappa shape index (κ3) is 3.32. The Balaban J connectivity index is 2.13. The van der Waals surface area contributed by atoms with E-state index in [0.717, 1.165) is 18.8 Å². The fraction of sp³-hybridized carbons (Fsp3) is 0.706. The van der Waals surface area contributed by atoms with Crippen LogP contribution in [0.5, 0.6) is 5.88 Å². The molecule has 1 atom stereocenters. The third-order valence-corrected chi connectivity index (χ3v) is 4.70. The summed E-state index contributed by atoms with van der Waals surface area (Å²) >= 11 is 0. The quantitative estimate of drug-likeness (QED) is 0.818. The molecule has 3 heteroatoms. The van der Waals surface area contributed by atoms with Crippen LogP contribution in [0.1, 0.15) is 63.1 Å². The largest absolute Gasteiger partial charge is 0.481 e. The first kappa shape index (κ1) is 15.3. The number of likely N-dealkylation sites (tertiary alicyclic amines) is 1. The Morgan fingerprint density at radius 3 is 2.55 bits per heavy atom. The maximum Gasteiger partial charge on any atom is 0.216 e. The van der Waals surface area contributed by atoms with Crippen LogP contribution in [0.25, 0.3) is 0 Å². The van der Waals surface area contributed by atoms with Crippen molar-refractivity contribution in [2.75, 3.05) is 26.7 Å². The molecular weight excluding hydrogens is 248 g/mol. The van der Waals surface area contributed by atoms with Gasteiger partial charge in [0.05, 0.1) is 7.11 Å². The highest BCUT2D eigenvalue weighted by Crippen LogP contribution is 2.32. The summed E-state index contributed by atoms with van der Waals surface area (Å²) in [7, 11) is 1.73. The number of piperidine rings is 1. The second kappa shape index (κ2) is 7.07. The molecule has 1 unspecified atom stereocenters. The van der Waals surface area contributed by atoms with Crippen molar-refractivity contribution in [1.29, 1.82) is 0 Å². The van der Waals surface area contributed by atoms with Crippen LogP contribution in [0.4, 0.5) is 0 Å². The molecule has 1 saturated heterocycles. The lowest BCUT2D eigenvalue weighted by atomic mass is 9.91. The predicted octanol–water partition coefficient (Wildman–Crippen LogP) is 3.80. The van der Waals surface area contributed by atoms with Gasteiger partial charge in [-0.05, 0) is 50.9 Å². The number of nitrogens with zero attached hydrogens (tertiary/aromatic N) is 2. The summed E-state index contributed by atoms with van der Waals surface area (Å²) in [6, 6.07) is 4.44. The molecule has 0 aliphatic carbocycles. The van der Waals surface area contributed by atoms with Gasteiger partial charge in [-0.25, -0.2) is 4.98 Å². The molecule has 0 amide bonds. The average molecular weight is 276 g/mol. The first-order chi connectivity index (χ1) is 9.69. The van der Waals surface area contributed by atoms with Gasteiger partial charge in [0.25, 0.3) is 0 Å². The molecule has 1 aliphatic rings. The highest BCUT2D eigenvalue weighted by molar-refractivity contribution is 5.32. The summed E-state index contributed by atoms with van der Waals surface area (Å²) in [5.74, 6) is 1.93. The number of pyridine rings is 1. The van der Waals surface area contributed by atoms with Crippen LogP contribution in [-0.2, 0) is 0 Å². The maximum atomic E-state index is 5.52. The molecule has 2 rings (SSSR count). The standard InChI is InChI=1S/C17H28N2O/c1-5-13(3)15-7-8-16(18-17(15)20-4)14-9-11-19(6-2)12-10-14/h7-8,13-14H,5-6,9-12H2,1-4H3. The molecule has 0 aromatic carbocycles. The van der Waals surface area contributed by atoms with Crippen molar-refractivity contribution in [2.24, 2.45) is 0 Å². The third-order valence-electron chi connectivity index (χ3n) is 4.70. The van der Waals surface area contributed by atoms with Crippen LogP contribution in [0.2, 0.25) is 0 Å². The van der Waals surface area contributed by atoms with Crippen LogP contribution >= 0.6 is 0 Å². The minimum Gasteiger partial charge on any atom is -0.481 e. The Labute approximate surface area is 123 Å². The van der Waals surface area contributed by atoms with Gasteiger partial charge in [-0.3, -0.25) is 0 Å². The van der Waals surface area contributed by atoms with E-state index in [4.69, 9.17) is 9.72 Å². The van der Waals surface area contributed by atoms with Crippen molar-refractivity contribution in [3.8, 4) is 5.88 Å². The Hall–Kier alpha value is -1.09. The van der Waals surface area contributed by atoms with Gasteiger partial charge in [0, 0.05) is 17.2 Å². The Bertz CT molecular complexity index is 425. The van der Waals surface area contributed by atoms with Crippen LogP contribution in [-0.4, -0.2) is 36.6 Å². The molecule has 0 N–H and O–H groups in total. The molecule has 20 heavy (non-hydrogen) atoms. The fourth-order valence-corrected chi connectivity index (χ4v) is 3.00. The molecule has 0 spiro atoms. The van der Waals surface area contributed by atoms with Crippen LogP contribution in [0.3, 0.4) is 0 Å². The first-order valence-electron chi connectivity index (χ1n) is 7.96.